The second kappa shape index (κ2) is 5.70. The summed E-state index contributed by atoms with van der Waals surface area (Å²) in [4.78, 5) is 0. The van der Waals surface area contributed by atoms with Gasteiger partial charge in [-0.25, -0.2) is 0 Å². The average molecular weight is 301 g/mol. The molecule has 0 aliphatic heterocycles. The van der Waals surface area contributed by atoms with Crippen LogP contribution in [0.25, 0.3) is 10.9 Å². The van der Waals surface area contributed by atoms with Crippen LogP contribution in [0.4, 0.5) is 5.69 Å². The number of halogens is 1. The van der Waals surface area contributed by atoms with Crippen LogP contribution in [-0.2, 0) is 6.54 Å². The molecule has 0 amide bonds. The summed E-state index contributed by atoms with van der Waals surface area (Å²) in [5.74, 6) is 0.914. The van der Waals surface area contributed by atoms with Gasteiger partial charge >= 0.3 is 0 Å². The summed E-state index contributed by atoms with van der Waals surface area (Å²) < 4.78 is 7.83. The van der Waals surface area contributed by atoms with E-state index < -0.39 is 0 Å². The Morgan fingerprint density at radius 1 is 1.19 bits per heavy atom. The van der Waals surface area contributed by atoms with Crippen molar-refractivity contribution < 1.29 is 4.74 Å². The average Bonchev–Trinajstić information content (AvgIpc) is 2.87. The fraction of sp³-hybridized carbons (Fsp3) is 0.176. The van der Waals surface area contributed by atoms with Crippen molar-refractivity contribution in [2.75, 3.05) is 12.3 Å². The molecule has 2 aromatic carbocycles. The summed E-state index contributed by atoms with van der Waals surface area (Å²) in [6.45, 7) is 3.36. The molecule has 0 aliphatic rings. The van der Waals surface area contributed by atoms with Gasteiger partial charge in [-0.15, -0.1) is 0 Å². The number of ether oxygens (including phenoxy) is 1. The van der Waals surface area contributed by atoms with Gasteiger partial charge in [0.1, 0.15) is 5.75 Å². The van der Waals surface area contributed by atoms with Gasteiger partial charge in [0, 0.05) is 28.8 Å². The number of hydrogen-bond acceptors (Lipinski definition) is 2. The van der Waals surface area contributed by atoms with Crippen molar-refractivity contribution in [3.05, 3.63) is 59.2 Å². The number of nitrogen functional groups attached to an aromatic ring is 1. The summed E-state index contributed by atoms with van der Waals surface area (Å²) in [5.41, 5.74) is 8.60. The molecule has 1 heterocycles. The zero-order valence-electron chi connectivity index (χ0n) is 11.8. The minimum Gasteiger partial charge on any atom is -0.493 e. The van der Waals surface area contributed by atoms with Crippen LogP contribution in [0.2, 0.25) is 5.02 Å². The van der Waals surface area contributed by atoms with E-state index in [9.17, 15) is 0 Å². The first-order valence-electron chi connectivity index (χ1n) is 6.93. The highest BCUT2D eigenvalue weighted by atomic mass is 35.5. The Morgan fingerprint density at radius 3 is 2.81 bits per heavy atom. The summed E-state index contributed by atoms with van der Waals surface area (Å²) in [5, 5.41) is 1.81. The van der Waals surface area contributed by atoms with Gasteiger partial charge in [0.25, 0.3) is 0 Å². The minimum absolute atomic E-state index is 0.661. The third-order valence-corrected chi connectivity index (χ3v) is 3.84. The molecule has 3 rings (SSSR count). The highest BCUT2D eigenvalue weighted by molar-refractivity contribution is 6.31. The van der Waals surface area contributed by atoms with E-state index in [2.05, 4.69) is 22.9 Å². The molecule has 0 unspecified atom stereocenters. The van der Waals surface area contributed by atoms with Crippen molar-refractivity contribution >= 4 is 28.2 Å². The van der Waals surface area contributed by atoms with Crippen molar-refractivity contribution in [2.45, 2.75) is 13.5 Å². The van der Waals surface area contributed by atoms with Gasteiger partial charge in [0.2, 0.25) is 0 Å². The lowest BCUT2D eigenvalue weighted by Gasteiger charge is -2.09. The van der Waals surface area contributed by atoms with Crippen molar-refractivity contribution in [3.8, 4) is 5.75 Å². The third-order valence-electron chi connectivity index (χ3n) is 3.49. The van der Waals surface area contributed by atoms with Crippen molar-refractivity contribution in [2.24, 2.45) is 0 Å². The van der Waals surface area contributed by atoms with Crippen LogP contribution in [0.3, 0.4) is 0 Å². The number of rotatable bonds is 4. The SMILES string of the molecule is CCOc1cccc2c1ccn2Cc1ccc(N)cc1Cl. The second-order valence-corrected chi connectivity index (χ2v) is 5.32. The monoisotopic (exact) mass is 300 g/mol. The summed E-state index contributed by atoms with van der Waals surface area (Å²) >= 11 is 6.26. The zero-order valence-corrected chi connectivity index (χ0v) is 12.6. The van der Waals surface area contributed by atoms with Gasteiger partial charge in [-0.05, 0) is 42.8 Å². The van der Waals surface area contributed by atoms with Gasteiger partial charge < -0.3 is 15.0 Å². The molecule has 0 atom stereocenters. The maximum atomic E-state index is 6.26. The van der Waals surface area contributed by atoms with Gasteiger partial charge in [-0.1, -0.05) is 23.7 Å². The zero-order chi connectivity index (χ0) is 14.8. The molecule has 108 valence electrons. The molecule has 0 saturated heterocycles. The Kier molecular flexibility index (Phi) is 3.76. The van der Waals surface area contributed by atoms with Crippen LogP contribution in [0, 0.1) is 0 Å². The highest BCUT2D eigenvalue weighted by Crippen LogP contribution is 2.28. The molecule has 2 N–H and O–H groups in total. The number of anilines is 1. The van der Waals surface area contributed by atoms with Gasteiger partial charge in [-0.3, -0.25) is 0 Å². The number of aromatic nitrogens is 1. The molecule has 0 radical (unpaired) electrons. The fourth-order valence-electron chi connectivity index (χ4n) is 2.49. The first-order chi connectivity index (χ1) is 10.2. The van der Waals surface area contributed by atoms with Crippen LogP contribution in [-0.4, -0.2) is 11.2 Å². The quantitative estimate of drug-likeness (QED) is 0.729. The normalized spacial score (nSPS) is 11.0. The van der Waals surface area contributed by atoms with E-state index in [-0.39, 0.29) is 0 Å². The van der Waals surface area contributed by atoms with Crippen LogP contribution >= 0.6 is 11.6 Å². The molecule has 0 spiro atoms. The Morgan fingerprint density at radius 2 is 2.05 bits per heavy atom. The lowest BCUT2D eigenvalue weighted by atomic mass is 10.2. The predicted octanol–water partition coefficient (Wildman–Crippen LogP) is 4.32. The van der Waals surface area contributed by atoms with E-state index in [0.717, 1.165) is 22.2 Å². The molecular formula is C17H17ClN2O. The molecule has 3 aromatic rings. The summed E-state index contributed by atoms with van der Waals surface area (Å²) in [7, 11) is 0. The number of nitrogens with zero attached hydrogens (tertiary/aromatic N) is 1. The molecule has 3 nitrogen and oxygen atoms in total. The summed E-state index contributed by atoms with van der Waals surface area (Å²) in [6.07, 6.45) is 2.06. The first kappa shape index (κ1) is 13.8. The minimum atomic E-state index is 0.661. The van der Waals surface area contributed by atoms with E-state index in [4.69, 9.17) is 22.1 Å². The fourth-order valence-corrected chi connectivity index (χ4v) is 2.74. The molecule has 4 heteroatoms. The van der Waals surface area contributed by atoms with Crippen LogP contribution < -0.4 is 10.5 Å². The third kappa shape index (κ3) is 2.69. The summed E-state index contributed by atoms with van der Waals surface area (Å²) in [6, 6.07) is 13.8. The van der Waals surface area contributed by atoms with Crippen LogP contribution in [0.5, 0.6) is 5.75 Å². The standard InChI is InChI=1S/C17H17ClN2O/c1-2-21-17-5-3-4-16-14(17)8-9-20(16)11-12-6-7-13(19)10-15(12)18/h3-10H,2,11,19H2,1H3. The molecule has 1 aromatic heterocycles. The number of benzene rings is 2. The Hall–Kier alpha value is -2.13. The maximum Gasteiger partial charge on any atom is 0.128 e. The van der Waals surface area contributed by atoms with Gasteiger partial charge in [0.15, 0.2) is 0 Å². The molecular weight excluding hydrogens is 284 g/mol. The molecule has 0 bridgehead atoms. The molecule has 0 aliphatic carbocycles. The molecule has 0 saturated carbocycles. The highest BCUT2D eigenvalue weighted by Gasteiger charge is 2.08. The van der Waals surface area contributed by atoms with Crippen molar-refractivity contribution in [1.29, 1.82) is 0 Å². The van der Waals surface area contributed by atoms with E-state index in [1.165, 1.54) is 0 Å². The smallest absolute Gasteiger partial charge is 0.128 e. The van der Waals surface area contributed by atoms with Crippen molar-refractivity contribution in [3.63, 3.8) is 0 Å². The van der Waals surface area contributed by atoms with Gasteiger partial charge in [0.05, 0.1) is 12.1 Å². The molecule has 0 fully saturated rings. The Labute approximate surface area is 128 Å². The van der Waals surface area contributed by atoms with Crippen LogP contribution in [0.1, 0.15) is 12.5 Å². The van der Waals surface area contributed by atoms with E-state index in [1.807, 2.05) is 31.2 Å². The Bertz CT molecular complexity index is 780. The topological polar surface area (TPSA) is 40.2 Å². The first-order valence-corrected chi connectivity index (χ1v) is 7.31. The predicted molar refractivity (Wildman–Crippen MR) is 88.1 cm³/mol. The van der Waals surface area contributed by atoms with E-state index >= 15 is 0 Å². The second-order valence-electron chi connectivity index (χ2n) is 4.92. The van der Waals surface area contributed by atoms with Crippen molar-refractivity contribution in [1.82, 2.24) is 4.57 Å². The van der Waals surface area contributed by atoms with E-state index in [1.54, 1.807) is 6.07 Å². The van der Waals surface area contributed by atoms with Crippen LogP contribution in [0.15, 0.2) is 48.7 Å². The lowest BCUT2D eigenvalue weighted by Crippen LogP contribution is -1.99. The molecule has 21 heavy (non-hydrogen) atoms. The van der Waals surface area contributed by atoms with Gasteiger partial charge in [-0.2, -0.15) is 0 Å². The number of nitrogens with two attached hydrogens (primary N) is 1. The Balaban J connectivity index is 1.99. The number of fused-ring (bicyclic) bond motifs is 1. The van der Waals surface area contributed by atoms with E-state index in [0.29, 0.717) is 23.9 Å². The largest absolute Gasteiger partial charge is 0.493 e. The lowest BCUT2D eigenvalue weighted by molar-refractivity contribution is 0.344. The number of hydrogen-bond donors (Lipinski definition) is 1. The maximum absolute atomic E-state index is 6.26.